The third kappa shape index (κ3) is 5.23. The molecule has 1 saturated heterocycles. The highest BCUT2D eigenvalue weighted by Crippen LogP contribution is 2.36. The summed E-state index contributed by atoms with van der Waals surface area (Å²) in [5, 5.41) is -0.607. The molecule has 0 aliphatic carbocycles. The Labute approximate surface area is 205 Å². The second kappa shape index (κ2) is 9.57. The van der Waals surface area contributed by atoms with Crippen molar-refractivity contribution >= 4 is 23.5 Å². The van der Waals surface area contributed by atoms with Gasteiger partial charge in [-0.25, -0.2) is 14.4 Å². The van der Waals surface area contributed by atoms with E-state index in [0.717, 1.165) is 23.1 Å². The van der Waals surface area contributed by atoms with E-state index < -0.39 is 45.8 Å². The smallest absolute Gasteiger partial charge is 0.337 e. The third-order valence-corrected chi connectivity index (χ3v) is 5.88. The largest absolute Gasteiger partial charge is 0.417 e. The van der Waals surface area contributed by atoms with Crippen molar-refractivity contribution in [1.29, 1.82) is 0 Å². The van der Waals surface area contributed by atoms with E-state index in [1.807, 2.05) is 0 Å². The van der Waals surface area contributed by atoms with Crippen molar-refractivity contribution < 1.29 is 35.5 Å². The minimum absolute atomic E-state index is 0.0702. The molecule has 1 aromatic heterocycles. The molecular weight excluding hydrogens is 517 g/mol. The summed E-state index contributed by atoms with van der Waals surface area (Å²) in [5.74, 6) is -2.43. The molecule has 4 rings (SSSR count). The molecule has 2 heterocycles. The van der Waals surface area contributed by atoms with Crippen LogP contribution < -0.4 is 4.90 Å². The van der Waals surface area contributed by atoms with Crippen LogP contribution >= 0.6 is 11.6 Å². The number of anilines is 1. The molecule has 0 radical (unpaired) electrons. The highest BCUT2D eigenvalue weighted by Gasteiger charge is 2.39. The first-order chi connectivity index (χ1) is 16.9. The van der Waals surface area contributed by atoms with Crippen molar-refractivity contribution in [3.8, 4) is 11.3 Å². The normalized spacial score (nSPS) is 14.8. The van der Waals surface area contributed by atoms with Crippen LogP contribution in [0.15, 0.2) is 48.7 Å². The fourth-order valence-corrected chi connectivity index (χ4v) is 3.94. The summed E-state index contributed by atoms with van der Waals surface area (Å²) in [6.07, 6.45) is -8.12. The van der Waals surface area contributed by atoms with Gasteiger partial charge >= 0.3 is 12.4 Å². The number of piperazine rings is 1. The van der Waals surface area contributed by atoms with Gasteiger partial charge in [-0.15, -0.1) is 0 Å². The Kier molecular flexibility index (Phi) is 6.82. The first kappa shape index (κ1) is 25.7. The molecule has 13 heteroatoms. The maximum absolute atomic E-state index is 14.5. The van der Waals surface area contributed by atoms with Crippen LogP contribution in [-0.2, 0) is 12.4 Å². The standard InChI is InChI=1S/C23H16ClF7N4O/c24-16-5-4-15(23(29,30)31)18(19(16)25)20(36)34-8-10-35(11-9-34)21-32-7-6-17(33-21)13-2-1-3-14(12-13)22(26,27)28/h1-7,12H,8-11H2. The minimum atomic E-state index is -4.96. The summed E-state index contributed by atoms with van der Waals surface area (Å²) in [4.78, 5) is 23.9. The minimum Gasteiger partial charge on any atom is -0.337 e. The predicted octanol–water partition coefficient (Wildman–Crippen LogP) is 5.94. The quantitative estimate of drug-likeness (QED) is 0.392. The number of nitrogens with zero attached hydrogens (tertiary/aromatic N) is 4. The molecule has 0 spiro atoms. The fraction of sp³-hybridized carbons (Fsp3) is 0.261. The molecule has 5 nitrogen and oxygen atoms in total. The summed E-state index contributed by atoms with van der Waals surface area (Å²) in [7, 11) is 0. The van der Waals surface area contributed by atoms with Crippen LogP contribution in [-0.4, -0.2) is 47.0 Å². The number of halogens is 8. The molecule has 1 aliphatic rings. The van der Waals surface area contributed by atoms with E-state index in [2.05, 4.69) is 9.97 Å². The van der Waals surface area contributed by atoms with Gasteiger partial charge in [-0.2, -0.15) is 26.3 Å². The molecule has 0 N–H and O–H groups in total. The molecule has 3 aromatic rings. The molecule has 2 aromatic carbocycles. The highest BCUT2D eigenvalue weighted by molar-refractivity contribution is 6.31. The van der Waals surface area contributed by atoms with Crippen LogP contribution in [0.5, 0.6) is 0 Å². The van der Waals surface area contributed by atoms with E-state index in [9.17, 15) is 35.5 Å². The fourth-order valence-electron chi connectivity index (χ4n) is 3.78. The summed E-state index contributed by atoms with van der Waals surface area (Å²) < 4.78 is 93.7. The number of alkyl halides is 6. The first-order valence-corrected chi connectivity index (χ1v) is 10.8. The van der Waals surface area contributed by atoms with Crippen LogP contribution in [0.1, 0.15) is 21.5 Å². The Bertz CT molecular complexity index is 1290. The Morgan fingerprint density at radius 2 is 1.61 bits per heavy atom. The molecule has 0 saturated carbocycles. The van der Waals surface area contributed by atoms with Crippen LogP contribution in [0.2, 0.25) is 5.02 Å². The van der Waals surface area contributed by atoms with Gasteiger partial charge in [0.15, 0.2) is 5.82 Å². The van der Waals surface area contributed by atoms with Gasteiger partial charge in [-0.1, -0.05) is 23.7 Å². The van der Waals surface area contributed by atoms with E-state index >= 15 is 0 Å². The van der Waals surface area contributed by atoms with E-state index in [1.54, 1.807) is 4.90 Å². The SMILES string of the molecule is O=C(c1c(C(F)(F)F)ccc(Cl)c1F)N1CCN(c2nccc(-c3cccc(C(F)(F)F)c3)n2)CC1. The predicted molar refractivity (Wildman–Crippen MR) is 117 cm³/mol. The van der Waals surface area contributed by atoms with E-state index in [0.29, 0.717) is 6.07 Å². The Morgan fingerprint density at radius 3 is 2.25 bits per heavy atom. The lowest BCUT2D eigenvalue weighted by molar-refractivity contribution is -0.138. The monoisotopic (exact) mass is 532 g/mol. The number of carbonyl (C=O) groups is 1. The molecule has 0 unspecified atom stereocenters. The summed E-state index contributed by atoms with van der Waals surface area (Å²) in [5.41, 5.74) is -2.95. The van der Waals surface area contributed by atoms with E-state index in [4.69, 9.17) is 11.6 Å². The van der Waals surface area contributed by atoms with Crippen molar-refractivity contribution in [2.24, 2.45) is 0 Å². The Morgan fingerprint density at radius 1 is 0.917 bits per heavy atom. The summed E-state index contributed by atoms with van der Waals surface area (Å²) in [6.45, 7) is 0.0566. The number of hydrogen-bond donors (Lipinski definition) is 0. The molecule has 0 bridgehead atoms. The average Bonchev–Trinajstić information content (AvgIpc) is 2.84. The highest BCUT2D eigenvalue weighted by atomic mass is 35.5. The topological polar surface area (TPSA) is 49.3 Å². The zero-order valence-electron chi connectivity index (χ0n) is 18.2. The number of rotatable bonds is 3. The van der Waals surface area contributed by atoms with Gasteiger partial charge in [0.1, 0.15) is 0 Å². The van der Waals surface area contributed by atoms with Crippen molar-refractivity contribution in [2.45, 2.75) is 12.4 Å². The van der Waals surface area contributed by atoms with Gasteiger partial charge in [0.05, 0.1) is 27.4 Å². The van der Waals surface area contributed by atoms with Gasteiger partial charge in [0.2, 0.25) is 5.95 Å². The van der Waals surface area contributed by atoms with E-state index in [1.165, 1.54) is 24.4 Å². The molecular formula is C23H16ClF7N4O. The summed E-state index contributed by atoms with van der Waals surface area (Å²) in [6, 6.07) is 7.37. The zero-order valence-corrected chi connectivity index (χ0v) is 18.9. The maximum Gasteiger partial charge on any atom is 0.417 e. The second-order valence-corrected chi connectivity index (χ2v) is 8.29. The molecule has 0 atom stereocenters. The Balaban J connectivity index is 1.52. The maximum atomic E-state index is 14.5. The van der Waals surface area contributed by atoms with Gasteiger partial charge in [0.25, 0.3) is 5.91 Å². The van der Waals surface area contributed by atoms with Crippen molar-refractivity contribution in [3.63, 3.8) is 0 Å². The summed E-state index contributed by atoms with van der Waals surface area (Å²) >= 11 is 5.62. The zero-order chi connectivity index (χ0) is 26.3. The number of amides is 1. The average molecular weight is 533 g/mol. The molecule has 1 fully saturated rings. The van der Waals surface area contributed by atoms with Crippen molar-refractivity contribution in [2.75, 3.05) is 31.1 Å². The second-order valence-electron chi connectivity index (χ2n) is 7.88. The van der Waals surface area contributed by atoms with Gasteiger partial charge < -0.3 is 9.80 Å². The molecule has 1 amide bonds. The molecule has 1 aliphatic heterocycles. The lowest BCUT2D eigenvalue weighted by Crippen LogP contribution is -2.49. The molecule has 190 valence electrons. The van der Waals surface area contributed by atoms with Gasteiger partial charge in [0, 0.05) is 37.9 Å². The lowest BCUT2D eigenvalue weighted by Gasteiger charge is -2.35. The van der Waals surface area contributed by atoms with Crippen LogP contribution in [0, 0.1) is 5.82 Å². The van der Waals surface area contributed by atoms with Crippen molar-refractivity contribution in [3.05, 3.63) is 76.2 Å². The number of aromatic nitrogens is 2. The van der Waals surface area contributed by atoms with E-state index in [-0.39, 0.29) is 43.4 Å². The third-order valence-electron chi connectivity index (χ3n) is 5.59. The van der Waals surface area contributed by atoms with Gasteiger partial charge in [-0.3, -0.25) is 4.79 Å². The van der Waals surface area contributed by atoms with Gasteiger partial charge in [-0.05, 0) is 30.3 Å². The van der Waals surface area contributed by atoms with Crippen LogP contribution in [0.3, 0.4) is 0 Å². The van der Waals surface area contributed by atoms with Crippen LogP contribution in [0.4, 0.5) is 36.7 Å². The van der Waals surface area contributed by atoms with Crippen LogP contribution in [0.25, 0.3) is 11.3 Å². The number of carbonyl (C=O) groups excluding carboxylic acids is 1. The number of hydrogen-bond acceptors (Lipinski definition) is 4. The molecule has 36 heavy (non-hydrogen) atoms. The Hall–Kier alpha value is -3.41. The lowest BCUT2D eigenvalue weighted by atomic mass is 10.0. The first-order valence-electron chi connectivity index (χ1n) is 10.5. The van der Waals surface area contributed by atoms with Crippen molar-refractivity contribution in [1.82, 2.24) is 14.9 Å². The number of benzene rings is 2.